The van der Waals surface area contributed by atoms with Crippen LogP contribution in [0.1, 0.15) is 182 Å². The molecule has 0 amide bonds. The van der Waals surface area contributed by atoms with Crippen molar-refractivity contribution in [2.75, 3.05) is 0 Å². The zero-order valence-electron chi connectivity index (χ0n) is 43.5. The van der Waals surface area contributed by atoms with Crippen LogP contribution in [0, 0.1) is 25.7 Å². The first-order valence-electron chi connectivity index (χ1n) is 25.9. The molecule has 2 unspecified atom stereocenters. The van der Waals surface area contributed by atoms with Crippen LogP contribution in [0.2, 0.25) is 0 Å². The number of fused-ring (bicyclic) bond motifs is 5. The van der Waals surface area contributed by atoms with E-state index >= 15 is 0 Å². The van der Waals surface area contributed by atoms with Gasteiger partial charge in [-0.15, -0.1) is 0 Å². The fourth-order valence-electron chi connectivity index (χ4n) is 12.6. The van der Waals surface area contributed by atoms with E-state index < -0.39 is 25.9 Å². The van der Waals surface area contributed by atoms with Gasteiger partial charge in [-0.1, -0.05) is 0 Å². The molecule has 6 aromatic carbocycles. The van der Waals surface area contributed by atoms with Gasteiger partial charge in [0.2, 0.25) is 0 Å². The standard InChI is InChI=1S/2C26H33.C12H9Si.2ClH.Zr/c2*1-16(2)10-20-11-21-9-8-19(7)26(25(21)12-20)24-14-22(17(3)4)13-23(15-24)18(5)6;1-3-7-11-9(5-1)10-6-2-4-8-12(10)13-11;;;/h2*8-9,11-18H,10H2,1-7H3;1-7H,13H2;2*1H;/q;;;;;+2/p-2. The summed E-state index contributed by atoms with van der Waals surface area (Å²) in [6, 6.07) is 40.7. The van der Waals surface area contributed by atoms with Crippen LogP contribution < -0.4 is 13.6 Å². The van der Waals surface area contributed by atoms with Crippen molar-refractivity contribution in [2.45, 2.75) is 141 Å². The van der Waals surface area contributed by atoms with Gasteiger partial charge in [0.25, 0.3) is 0 Å². The molecule has 2 atom stereocenters. The van der Waals surface area contributed by atoms with Crippen molar-refractivity contribution >= 4 is 52.3 Å². The summed E-state index contributed by atoms with van der Waals surface area (Å²) in [5.41, 5.74) is 24.4. The minimum absolute atomic E-state index is 0.119. The van der Waals surface area contributed by atoms with Crippen LogP contribution in [0.25, 0.3) is 45.5 Å². The first-order chi connectivity index (χ1) is 32.2. The van der Waals surface area contributed by atoms with Crippen molar-refractivity contribution < 1.29 is 16.4 Å². The quantitative estimate of drug-likeness (QED) is 0.101. The second-order valence-corrected chi connectivity index (χ2v) is 45.7. The van der Waals surface area contributed by atoms with E-state index in [1.807, 2.05) is 0 Å². The Morgan fingerprint density at radius 2 is 0.897 bits per heavy atom. The normalized spacial score (nSPS) is 17.4. The number of aryl methyl sites for hydroxylation is 2. The molecule has 0 spiro atoms. The molecule has 353 valence electrons. The van der Waals surface area contributed by atoms with Crippen LogP contribution in [-0.4, -0.2) is 9.52 Å². The van der Waals surface area contributed by atoms with Crippen LogP contribution in [-0.2, 0) is 16.4 Å². The maximum absolute atomic E-state index is 9.63. The molecule has 0 radical (unpaired) electrons. The van der Waals surface area contributed by atoms with Crippen LogP contribution in [0.15, 0.2) is 114 Å². The fraction of sp³-hybridized carbons (Fsp3) is 0.375. The third-order valence-corrected chi connectivity index (χ3v) is 38.7. The van der Waals surface area contributed by atoms with E-state index in [4.69, 9.17) is 0 Å². The van der Waals surface area contributed by atoms with Crippen LogP contribution in [0.4, 0.5) is 0 Å². The Morgan fingerprint density at radius 1 is 0.485 bits per heavy atom. The van der Waals surface area contributed by atoms with Gasteiger partial charge in [0, 0.05) is 0 Å². The molecular formula is C64H75Cl2SiZr. The molecule has 4 heteroatoms. The van der Waals surface area contributed by atoms with Gasteiger partial charge < -0.3 is 0 Å². The zero-order chi connectivity index (χ0) is 48.7. The second-order valence-electron chi connectivity index (χ2n) is 23.2. The van der Waals surface area contributed by atoms with Gasteiger partial charge in [-0.3, -0.25) is 0 Å². The molecule has 0 fully saturated rings. The Hall–Kier alpha value is -3.52. The number of hydrogen-bond donors (Lipinski definition) is 0. The molecule has 0 nitrogen and oxygen atoms in total. The van der Waals surface area contributed by atoms with Gasteiger partial charge in [0.15, 0.2) is 0 Å². The minimum atomic E-state index is -5.79. The predicted octanol–water partition coefficient (Wildman–Crippen LogP) is 17.2. The second kappa shape index (κ2) is 18.6. The summed E-state index contributed by atoms with van der Waals surface area (Å²) in [6.07, 6.45) is 7.08. The topological polar surface area (TPSA) is 0 Å². The number of rotatable bonds is 13. The molecule has 0 aromatic heterocycles. The summed E-state index contributed by atoms with van der Waals surface area (Å²) in [5, 5.41) is 2.99. The molecule has 0 bridgehead atoms. The molecule has 68 heavy (non-hydrogen) atoms. The summed E-state index contributed by atoms with van der Waals surface area (Å²) >= 11 is -5.79. The fourth-order valence-corrected chi connectivity index (χ4v) is 40.5. The van der Waals surface area contributed by atoms with Gasteiger partial charge in [-0.05, 0) is 0 Å². The number of benzene rings is 6. The van der Waals surface area contributed by atoms with Gasteiger partial charge in [0.1, 0.15) is 0 Å². The molecule has 3 aliphatic rings. The summed E-state index contributed by atoms with van der Waals surface area (Å²) in [7, 11) is 18.4. The predicted molar refractivity (Wildman–Crippen MR) is 301 cm³/mol. The van der Waals surface area contributed by atoms with Crippen molar-refractivity contribution in [1.29, 1.82) is 0 Å². The third kappa shape index (κ3) is 8.42. The van der Waals surface area contributed by atoms with E-state index in [9.17, 15) is 17.0 Å². The van der Waals surface area contributed by atoms with E-state index in [2.05, 4.69) is 212 Å². The molecule has 9 rings (SSSR count). The Balaban J connectivity index is 1.39. The average molecular weight is 1030 g/mol. The van der Waals surface area contributed by atoms with E-state index in [1.54, 1.807) is 0 Å². The van der Waals surface area contributed by atoms with E-state index in [0.717, 1.165) is 12.8 Å². The maximum atomic E-state index is 9.63. The summed E-state index contributed by atoms with van der Waals surface area (Å²) < 4.78 is 1.07. The van der Waals surface area contributed by atoms with Gasteiger partial charge >= 0.3 is 425 Å². The molecule has 0 saturated heterocycles. The van der Waals surface area contributed by atoms with Gasteiger partial charge in [0.05, 0.1) is 0 Å². The number of hydrogen-bond acceptors (Lipinski definition) is 0. The Kier molecular flexibility index (Phi) is 13.5. The summed E-state index contributed by atoms with van der Waals surface area (Å²) in [6.45, 7) is 32.8. The first-order valence-corrected chi connectivity index (χ1v) is 37.7. The van der Waals surface area contributed by atoms with Gasteiger partial charge in [-0.25, -0.2) is 0 Å². The molecule has 0 N–H and O–H groups in total. The average Bonchev–Trinajstić information content (AvgIpc) is 3.97. The third-order valence-electron chi connectivity index (χ3n) is 15.9. The molecule has 1 aliphatic heterocycles. The molecular weight excluding hydrogens is 959 g/mol. The Morgan fingerprint density at radius 3 is 1.31 bits per heavy atom. The van der Waals surface area contributed by atoms with Crippen molar-refractivity contribution in [2.24, 2.45) is 11.8 Å². The van der Waals surface area contributed by atoms with Crippen molar-refractivity contribution in [3.8, 4) is 33.4 Å². The Bertz CT molecular complexity index is 2820. The van der Waals surface area contributed by atoms with Crippen LogP contribution in [0.5, 0.6) is 0 Å². The van der Waals surface area contributed by atoms with Crippen LogP contribution >= 0.6 is 17.0 Å². The molecule has 1 heterocycles. The Labute approximate surface area is 421 Å². The van der Waals surface area contributed by atoms with Crippen molar-refractivity contribution in [3.05, 3.63) is 170 Å². The van der Waals surface area contributed by atoms with Crippen molar-refractivity contribution in [1.82, 2.24) is 0 Å². The molecule has 0 saturated carbocycles. The number of halogens is 2. The van der Waals surface area contributed by atoms with E-state index in [0.29, 0.717) is 35.5 Å². The zero-order valence-corrected chi connectivity index (χ0v) is 48.8. The van der Waals surface area contributed by atoms with Gasteiger partial charge in [-0.2, -0.15) is 0 Å². The van der Waals surface area contributed by atoms with Crippen molar-refractivity contribution in [3.63, 3.8) is 0 Å². The monoisotopic (exact) mass is 1030 g/mol. The summed E-state index contributed by atoms with van der Waals surface area (Å²) in [4.78, 5) is 0. The SMILES string of the molecule is Cc1ccc2c(c1-c1cc(C(C)C)cc(C(C)C)c1)C=C(CC(C)C)[CH]2[Zr]([Cl])([Cl])([c]1cccc2c1[SiH2]c1ccccc1-2)[CH]1C(CC(C)C)=Cc2c1ccc(C)c2-c1cc(C(C)C)cc(C(C)C)c1. The molecule has 6 aromatic rings. The number of allylic oxidation sites excluding steroid dienone is 2. The van der Waals surface area contributed by atoms with E-state index in [-0.39, 0.29) is 7.25 Å². The summed E-state index contributed by atoms with van der Waals surface area (Å²) in [5.74, 6) is 2.52. The van der Waals surface area contributed by atoms with Crippen LogP contribution in [0.3, 0.4) is 0 Å². The van der Waals surface area contributed by atoms with E-state index in [1.165, 1.54) is 114 Å². The first kappa shape index (κ1) is 49.5. The molecule has 2 aliphatic carbocycles.